The first-order valence-electron chi connectivity index (χ1n) is 6.04. The van der Waals surface area contributed by atoms with Gasteiger partial charge in [-0.05, 0) is 41.4 Å². The summed E-state index contributed by atoms with van der Waals surface area (Å²) in [5, 5.41) is 7.72. The Morgan fingerprint density at radius 3 is 2.71 bits per heavy atom. The fraction of sp³-hybridized carbons (Fsp3) is 0.417. The highest BCUT2D eigenvalue weighted by molar-refractivity contribution is 9.10. The van der Waals surface area contributed by atoms with Gasteiger partial charge in [0, 0.05) is 12.2 Å². The van der Waals surface area contributed by atoms with Crippen molar-refractivity contribution in [3.8, 4) is 0 Å². The number of hydrogen-bond acceptors (Lipinski definition) is 4. The van der Waals surface area contributed by atoms with Gasteiger partial charge in [0.1, 0.15) is 5.82 Å². The first-order valence-corrected chi connectivity index (χ1v) is 8.38. The predicted octanol–water partition coefficient (Wildman–Crippen LogP) is 1.14. The molecule has 1 amide bonds. The molecule has 0 radical (unpaired) electrons. The van der Waals surface area contributed by atoms with Crippen molar-refractivity contribution >= 4 is 31.9 Å². The maximum atomic E-state index is 13.8. The molecule has 1 unspecified atom stereocenters. The van der Waals surface area contributed by atoms with E-state index in [4.69, 9.17) is 9.88 Å². The number of sulfonamides is 1. The summed E-state index contributed by atoms with van der Waals surface area (Å²) in [6.07, 6.45) is 0.625. The van der Waals surface area contributed by atoms with Gasteiger partial charge in [0.25, 0.3) is 5.91 Å². The summed E-state index contributed by atoms with van der Waals surface area (Å²) in [7, 11) is -4.15. The predicted molar refractivity (Wildman–Crippen MR) is 76.8 cm³/mol. The minimum absolute atomic E-state index is 0.118. The van der Waals surface area contributed by atoms with Gasteiger partial charge < -0.3 is 10.1 Å². The van der Waals surface area contributed by atoms with Crippen LogP contribution < -0.4 is 10.5 Å². The van der Waals surface area contributed by atoms with Crippen LogP contribution in [0.5, 0.6) is 0 Å². The Hall–Kier alpha value is -1.03. The number of hydrogen-bond donors (Lipinski definition) is 2. The summed E-state index contributed by atoms with van der Waals surface area (Å²) in [6, 6.07) is 1.99. The summed E-state index contributed by atoms with van der Waals surface area (Å²) in [4.78, 5) is 11.7. The average Bonchev–Trinajstić information content (AvgIpc) is 2.77. The lowest BCUT2D eigenvalue weighted by atomic mass is 10.0. The van der Waals surface area contributed by atoms with Gasteiger partial charge in [-0.15, -0.1) is 0 Å². The topological polar surface area (TPSA) is 98.5 Å². The lowest BCUT2D eigenvalue weighted by Gasteiger charge is -2.23. The summed E-state index contributed by atoms with van der Waals surface area (Å²) in [5.74, 6) is -1.46. The Morgan fingerprint density at radius 2 is 2.19 bits per heavy atom. The Morgan fingerprint density at radius 1 is 1.52 bits per heavy atom. The van der Waals surface area contributed by atoms with Crippen molar-refractivity contribution in [2.45, 2.75) is 23.8 Å². The molecule has 1 aromatic rings. The lowest BCUT2D eigenvalue weighted by molar-refractivity contribution is 0.0889. The Bertz CT molecular complexity index is 687. The molecule has 1 atom stereocenters. The molecule has 9 heteroatoms. The number of rotatable bonds is 3. The van der Waals surface area contributed by atoms with Gasteiger partial charge in [-0.3, -0.25) is 4.79 Å². The van der Waals surface area contributed by atoms with E-state index >= 15 is 0 Å². The van der Waals surface area contributed by atoms with Crippen molar-refractivity contribution < 1.29 is 22.3 Å². The van der Waals surface area contributed by atoms with E-state index < -0.39 is 32.2 Å². The van der Waals surface area contributed by atoms with Gasteiger partial charge in [0.15, 0.2) is 0 Å². The van der Waals surface area contributed by atoms with E-state index in [9.17, 15) is 17.6 Å². The lowest BCUT2D eigenvalue weighted by Crippen LogP contribution is -2.46. The van der Waals surface area contributed by atoms with E-state index in [0.717, 1.165) is 12.1 Å². The molecule has 1 fully saturated rings. The van der Waals surface area contributed by atoms with E-state index in [1.807, 2.05) is 0 Å². The minimum Gasteiger partial charge on any atom is -0.379 e. The second-order valence-corrected chi connectivity index (χ2v) is 7.46. The third kappa shape index (κ3) is 3.60. The van der Waals surface area contributed by atoms with Gasteiger partial charge in [-0.25, -0.2) is 17.9 Å². The van der Waals surface area contributed by atoms with E-state index in [1.165, 1.54) is 0 Å². The molecular weight excluding hydrogens is 367 g/mol. The number of ether oxygens (including phenoxy) is 1. The largest absolute Gasteiger partial charge is 0.379 e. The average molecular weight is 381 g/mol. The summed E-state index contributed by atoms with van der Waals surface area (Å²) in [6.45, 7) is 2.67. The molecule has 6 nitrogen and oxygen atoms in total. The number of amides is 1. The van der Waals surface area contributed by atoms with Gasteiger partial charge >= 0.3 is 0 Å². The molecule has 116 valence electrons. The van der Waals surface area contributed by atoms with Gasteiger partial charge in [-0.1, -0.05) is 0 Å². The zero-order chi connectivity index (χ0) is 15.8. The zero-order valence-electron chi connectivity index (χ0n) is 11.2. The molecule has 1 aromatic carbocycles. The van der Waals surface area contributed by atoms with Crippen LogP contribution in [0, 0.1) is 5.82 Å². The minimum atomic E-state index is -4.15. The van der Waals surface area contributed by atoms with Crippen molar-refractivity contribution in [3.05, 3.63) is 28.0 Å². The fourth-order valence-electron chi connectivity index (χ4n) is 2.01. The second-order valence-electron chi connectivity index (χ2n) is 5.13. The molecular formula is C12H14BrFN2O4S. The first kappa shape index (κ1) is 16.3. The van der Waals surface area contributed by atoms with Crippen LogP contribution >= 0.6 is 15.9 Å². The molecule has 1 aliphatic rings. The molecule has 0 aromatic heterocycles. The maximum absolute atomic E-state index is 13.8. The number of halogens is 2. The smallest absolute Gasteiger partial charge is 0.251 e. The molecule has 21 heavy (non-hydrogen) atoms. The Balaban J connectivity index is 2.36. The molecule has 0 bridgehead atoms. The molecule has 2 rings (SSSR count). The Kier molecular flexibility index (Phi) is 4.39. The molecule has 0 spiro atoms. The van der Waals surface area contributed by atoms with Crippen LogP contribution in [0.4, 0.5) is 4.39 Å². The van der Waals surface area contributed by atoms with Crippen LogP contribution in [0.15, 0.2) is 21.5 Å². The Labute approximate surface area is 130 Å². The van der Waals surface area contributed by atoms with E-state index in [0.29, 0.717) is 19.6 Å². The van der Waals surface area contributed by atoms with Crippen molar-refractivity contribution in [2.75, 3.05) is 13.2 Å². The molecule has 1 saturated heterocycles. The first-order chi connectivity index (χ1) is 9.62. The highest BCUT2D eigenvalue weighted by atomic mass is 79.9. The van der Waals surface area contributed by atoms with Crippen molar-refractivity contribution in [3.63, 3.8) is 0 Å². The van der Waals surface area contributed by atoms with Crippen LogP contribution in [0.25, 0.3) is 0 Å². The van der Waals surface area contributed by atoms with Crippen molar-refractivity contribution in [2.24, 2.45) is 5.14 Å². The van der Waals surface area contributed by atoms with Gasteiger partial charge in [0.05, 0.1) is 21.5 Å². The van der Waals surface area contributed by atoms with Crippen LogP contribution in [-0.2, 0) is 14.8 Å². The van der Waals surface area contributed by atoms with E-state index in [-0.39, 0.29) is 10.0 Å². The quantitative estimate of drug-likeness (QED) is 0.821. The second kappa shape index (κ2) is 5.64. The standard InChI is InChI=1S/C12H14BrFN2O4S/c1-12(2-3-20-6-12)16-11(17)7-4-8(14)10(13)9(5-7)21(15,18)19/h4-5H,2-3,6H2,1H3,(H,16,17)(H2,15,18,19). The summed E-state index contributed by atoms with van der Waals surface area (Å²) < 4.78 is 41.5. The number of nitrogens with one attached hydrogen (secondary N) is 1. The van der Waals surface area contributed by atoms with Crippen molar-refractivity contribution in [1.29, 1.82) is 0 Å². The SMILES string of the molecule is CC1(NC(=O)c2cc(F)c(Br)c(S(N)(=O)=O)c2)CCOC1. The number of primary sulfonamides is 1. The van der Waals surface area contributed by atoms with Crippen LogP contribution in [0.2, 0.25) is 0 Å². The van der Waals surface area contributed by atoms with Crippen molar-refractivity contribution in [1.82, 2.24) is 5.32 Å². The normalized spacial score (nSPS) is 22.3. The number of carbonyl (C=O) groups is 1. The van der Waals surface area contributed by atoms with Crippen LogP contribution in [0.3, 0.4) is 0 Å². The van der Waals surface area contributed by atoms with Gasteiger partial charge in [0.2, 0.25) is 10.0 Å². The maximum Gasteiger partial charge on any atom is 0.251 e. The van der Waals surface area contributed by atoms with E-state index in [1.54, 1.807) is 6.92 Å². The molecule has 1 heterocycles. The molecule has 1 aliphatic heterocycles. The number of benzene rings is 1. The number of carbonyl (C=O) groups excluding carboxylic acids is 1. The fourth-order valence-corrected chi connectivity index (χ4v) is 3.56. The van der Waals surface area contributed by atoms with E-state index in [2.05, 4.69) is 21.2 Å². The highest BCUT2D eigenvalue weighted by Crippen LogP contribution is 2.26. The zero-order valence-corrected chi connectivity index (χ0v) is 13.6. The third-order valence-corrected chi connectivity index (χ3v) is 5.20. The third-order valence-electron chi connectivity index (χ3n) is 3.20. The summed E-state index contributed by atoms with van der Waals surface area (Å²) >= 11 is 2.81. The van der Waals surface area contributed by atoms with Crippen LogP contribution in [0.1, 0.15) is 23.7 Å². The number of nitrogens with two attached hydrogens (primary N) is 1. The highest BCUT2D eigenvalue weighted by Gasteiger charge is 2.32. The van der Waals surface area contributed by atoms with Gasteiger partial charge in [-0.2, -0.15) is 0 Å². The molecule has 3 N–H and O–H groups in total. The molecule has 0 saturated carbocycles. The summed E-state index contributed by atoms with van der Waals surface area (Å²) in [5.41, 5.74) is -0.671. The monoisotopic (exact) mass is 380 g/mol. The van der Waals surface area contributed by atoms with Crippen LogP contribution in [-0.4, -0.2) is 33.1 Å². The molecule has 0 aliphatic carbocycles.